The number of allylic oxidation sites excluding steroid dienone is 1. The Balaban J connectivity index is 4.24. The lowest BCUT2D eigenvalue weighted by molar-refractivity contribution is 0.334. The first-order chi connectivity index (χ1) is 5.78. The highest BCUT2D eigenvalue weighted by Gasteiger charge is 1.94. The quantitative estimate of drug-likeness (QED) is 0.614. The standard InChI is InChI=1S/C10H19NO/c1-3-9(5-6-11)7-10(4-2)8-12/h4,7,12H,3,5-6,8,11H2,1-2H3/b9-7+,10-4+. The van der Waals surface area contributed by atoms with Gasteiger partial charge in [-0.1, -0.05) is 24.6 Å². The van der Waals surface area contributed by atoms with Crippen LogP contribution < -0.4 is 5.73 Å². The smallest absolute Gasteiger partial charge is 0.0678 e. The van der Waals surface area contributed by atoms with Crippen LogP contribution in [0.2, 0.25) is 0 Å². The fourth-order valence-electron chi connectivity index (χ4n) is 1.02. The lowest BCUT2D eigenvalue weighted by atomic mass is 10.1. The Bertz CT molecular complexity index is 171. The minimum absolute atomic E-state index is 0.116. The van der Waals surface area contributed by atoms with E-state index in [1.54, 1.807) is 0 Å². The molecule has 12 heavy (non-hydrogen) atoms. The molecule has 0 amide bonds. The summed E-state index contributed by atoms with van der Waals surface area (Å²) in [6, 6.07) is 0. The van der Waals surface area contributed by atoms with Crippen molar-refractivity contribution in [2.24, 2.45) is 5.73 Å². The second-order valence-corrected chi connectivity index (χ2v) is 2.72. The molecule has 0 radical (unpaired) electrons. The number of hydrogen-bond acceptors (Lipinski definition) is 2. The molecule has 0 rings (SSSR count). The molecule has 0 atom stereocenters. The Morgan fingerprint density at radius 3 is 2.50 bits per heavy atom. The highest BCUT2D eigenvalue weighted by Crippen LogP contribution is 2.09. The minimum atomic E-state index is 0.116. The highest BCUT2D eigenvalue weighted by molar-refractivity contribution is 5.23. The van der Waals surface area contributed by atoms with Crippen molar-refractivity contribution in [1.29, 1.82) is 0 Å². The lowest BCUT2D eigenvalue weighted by Gasteiger charge is -2.03. The maximum Gasteiger partial charge on any atom is 0.0678 e. The van der Waals surface area contributed by atoms with E-state index in [1.165, 1.54) is 5.57 Å². The van der Waals surface area contributed by atoms with Crippen LogP contribution in [0.5, 0.6) is 0 Å². The molecule has 0 heterocycles. The van der Waals surface area contributed by atoms with E-state index in [0.29, 0.717) is 6.54 Å². The van der Waals surface area contributed by atoms with Gasteiger partial charge in [-0.2, -0.15) is 0 Å². The molecule has 0 fully saturated rings. The van der Waals surface area contributed by atoms with E-state index in [2.05, 4.69) is 6.92 Å². The molecule has 0 aliphatic heterocycles. The van der Waals surface area contributed by atoms with Gasteiger partial charge < -0.3 is 10.8 Å². The summed E-state index contributed by atoms with van der Waals surface area (Å²) in [6.45, 7) is 4.83. The van der Waals surface area contributed by atoms with E-state index in [-0.39, 0.29) is 6.61 Å². The second-order valence-electron chi connectivity index (χ2n) is 2.72. The summed E-state index contributed by atoms with van der Waals surface area (Å²) < 4.78 is 0. The molecule has 70 valence electrons. The third-order valence-electron chi connectivity index (χ3n) is 1.86. The Kier molecular flexibility index (Phi) is 6.72. The zero-order valence-corrected chi connectivity index (χ0v) is 8.01. The number of hydrogen-bond donors (Lipinski definition) is 2. The van der Waals surface area contributed by atoms with Crippen LogP contribution in [0, 0.1) is 0 Å². The van der Waals surface area contributed by atoms with Crippen molar-refractivity contribution in [2.45, 2.75) is 26.7 Å². The van der Waals surface area contributed by atoms with Crippen LogP contribution in [-0.2, 0) is 0 Å². The van der Waals surface area contributed by atoms with Gasteiger partial charge >= 0.3 is 0 Å². The summed E-state index contributed by atoms with van der Waals surface area (Å²) >= 11 is 0. The molecular weight excluding hydrogens is 150 g/mol. The predicted molar refractivity (Wildman–Crippen MR) is 52.9 cm³/mol. The Hall–Kier alpha value is -0.600. The zero-order chi connectivity index (χ0) is 9.40. The van der Waals surface area contributed by atoms with E-state index in [0.717, 1.165) is 18.4 Å². The number of aliphatic hydroxyl groups excluding tert-OH is 1. The van der Waals surface area contributed by atoms with Gasteiger partial charge in [0.25, 0.3) is 0 Å². The van der Waals surface area contributed by atoms with E-state index >= 15 is 0 Å². The summed E-state index contributed by atoms with van der Waals surface area (Å²) in [4.78, 5) is 0. The topological polar surface area (TPSA) is 46.2 Å². The first-order valence-electron chi connectivity index (χ1n) is 4.44. The summed E-state index contributed by atoms with van der Waals surface area (Å²) in [7, 11) is 0. The first kappa shape index (κ1) is 11.4. The monoisotopic (exact) mass is 169 g/mol. The van der Waals surface area contributed by atoms with E-state index in [4.69, 9.17) is 10.8 Å². The third kappa shape index (κ3) is 4.31. The molecule has 0 aromatic rings. The molecular formula is C10H19NO. The third-order valence-corrected chi connectivity index (χ3v) is 1.86. The van der Waals surface area contributed by atoms with Crippen molar-refractivity contribution in [2.75, 3.05) is 13.2 Å². The van der Waals surface area contributed by atoms with Crippen LogP contribution in [0.25, 0.3) is 0 Å². The van der Waals surface area contributed by atoms with Crippen molar-refractivity contribution < 1.29 is 5.11 Å². The van der Waals surface area contributed by atoms with Gasteiger partial charge in [0.05, 0.1) is 6.61 Å². The fourth-order valence-corrected chi connectivity index (χ4v) is 1.02. The Labute approximate surface area is 74.8 Å². The minimum Gasteiger partial charge on any atom is -0.392 e. The summed E-state index contributed by atoms with van der Waals surface area (Å²) in [5.74, 6) is 0. The zero-order valence-electron chi connectivity index (χ0n) is 8.01. The molecule has 0 aliphatic rings. The highest BCUT2D eigenvalue weighted by atomic mass is 16.3. The summed E-state index contributed by atoms with van der Waals surface area (Å²) in [5, 5.41) is 8.89. The van der Waals surface area contributed by atoms with Crippen molar-refractivity contribution in [3.63, 3.8) is 0 Å². The first-order valence-corrected chi connectivity index (χ1v) is 4.44. The second kappa shape index (κ2) is 7.07. The molecule has 2 nitrogen and oxygen atoms in total. The molecule has 0 aliphatic carbocycles. The van der Waals surface area contributed by atoms with Gasteiger partial charge in [-0.3, -0.25) is 0 Å². The van der Waals surface area contributed by atoms with E-state index in [1.807, 2.05) is 19.1 Å². The van der Waals surface area contributed by atoms with E-state index < -0.39 is 0 Å². The molecule has 0 spiro atoms. The molecule has 0 saturated carbocycles. The molecule has 0 aromatic carbocycles. The fraction of sp³-hybridized carbons (Fsp3) is 0.600. The molecule has 0 bridgehead atoms. The van der Waals surface area contributed by atoms with Crippen molar-refractivity contribution in [3.05, 3.63) is 23.3 Å². The van der Waals surface area contributed by atoms with Crippen LogP contribution in [0.4, 0.5) is 0 Å². The van der Waals surface area contributed by atoms with Crippen molar-refractivity contribution in [1.82, 2.24) is 0 Å². The maximum atomic E-state index is 8.89. The van der Waals surface area contributed by atoms with Gasteiger partial charge in [0.2, 0.25) is 0 Å². The van der Waals surface area contributed by atoms with Gasteiger partial charge in [0, 0.05) is 0 Å². The number of rotatable bonds is 5. The van der Waals surface area contributed by atoms with Gasteiger partial charge in [-0.05, 0) is 31.9 Å². The SMILES string of the molecule is C/C=C(\C=C(/CC)CCN)CO. The molecule has 0 saturated heterocycles. The number of nitrogens with two attached hydrogens (primary N) is 1. The summed E-state index contributed by atoms with van der Waals surface area (Å²) in [6.07, 6.45) is 5.89. The number of aliphatic hydroxyl groups is 1. The molecule has 0 aromatic heterocycles. The van der Waals surface area contributed by atoms with Crippen molar-refractivity contribution in [3.8, 4) is 0 Å². The molecule has 2 heteroatoms. The molecule has 0 unspecified atom stereocenters. The maximum absolute atomic E-state index is 8.89. The van der Waals surface area contributed by atoms with Gasteiger partial charge in [0.15, 0.2) is 0 Å². The predicted octanol–water partition coefficient (Wildman–Crippen LogP) is 1.61. The van der Waals surface area contributed by atoms with Crippen molar-refractivity contribution >= 4 is 0 Å². The summed E-state index contributed by atoms with van der Waals surface area (Å²) in [5.41, 5.74) is 7.72. The molecule has 3 N–H and O–H groups in total. The van der Waals surface area contributed by atoms with Crippen LogP contribution in [-0.4, -0.2) is 18.3 Å². The normalized spacial score (nSPS) is 13.7. The average Bonchev–Trinajstić information content (AvgIpc) is 2.12. The van der Waals surface area contributed by atoms with Crippen LogP contribution >= 0.6 is 0 Å². The van der Waals surface area contributed by atoms with Gasteiger partial charge in [-0.15, -0.1) is 0 Å². The average molecular weight is 169 g/mol. The van der Waals surface area contributed by atoms with Crippen LogP contribution in [0.1, 0.15) is 26.7 Å². The Morgan fingerprint density at radius 1 is 1.50 bits per heavy atom. The largest absolute Gasteiger partial charge is 0.392 e. The van der Waals surface area contributed by atoms with E-state index in [9.17, 15) is 0 Å². The van der Waals surface area contributed by atoms with Gasteiger partial charge in [-0.25, -0.2) is 0 Å². The Morgan fingerprint density at radius 2 is 2.17 bits per heavy atom. The van der Waals surface area contributed by atoms with Gasteiger partial charge in [0.1, 0.15) is 0 Å². The van der Waals surface area contributed by atoms with Crippen LogP contribution in [0.3, 0.4) is 0 Å². The lowest BCUT2D eigenvalue weighted by Crippen LogP contribution is -2.00. The van der Waals surface area contributed by atoms with Crippen LogP contribution in [0.15, 0.2) is 23.3 Å².